The third-order valence-corrected chi connectivity index (χ3v) is 3.25. The summed E-state index contributed by atoms with van der Waals surface area (Å²) in [6.07, 6.45) is 0. The van der Waals surface area contributed by atoms with Crippen molar-refractivity contribution in [3.63, 3.8) is 0 Å². The molecule has 1 atom stereocenters. The molecule has 0 aliphatic carbocycles. The van der Waals surface area contributed by atoms with E-state index in [1.807, 2.05) is 20.8 Å². The van der Waals surface area contributed by atoms with Gasteiger partial charge in [-0.3, -0.25) is 4.68 Å². The van der Waals surface area contributed by atoms with Crippen molar-refractivity contribution in [1.82, 2.24) is 9.78 Å². The Bertz CT molecular complexity index is 312. The molecule has 14 heavy (non-hydrogen) atoms. The van der Waals surface area contributed by atoms with Crippen LogP contribution in [0, 0.1) is 10.5 Å². The van der Waals surface area contributed by atoms with Gasteiger partial charge in [0.05, 0.1) is 28.5 Å². The van der Waals surface area contributed by atoms with E-state index in [0.29, 0.717) is 12.5 Å². The Morgan fingerprint density at radius 2 is 2.29 bits per heavy atom. The molecule has 0 radical (unpaired) electrons. The number of aliphatic hydroxyl groups excluding tert-OH is 1. The van der Waals surface area contributed by atoms with E-state index in [1.54, 1.807) is 4.68 Å². The van der Waals surface area contributed by atoms with Crippen LogP contribution in [0.15, 0.2) is 0 Å². The Balaban J connectivity index is 3.01. The van der Waals surface area contributed by atoms with Crippen LogP contribution >= 0.6 is 22.6 Å². The summed E-state index contributed by atoms with van der Waals surface area (Å²) in [5, 5.41) is 13.3. The summed E-state index contributed by atoms with van der Waals surface area (Å²) in [5.41, 5.74) is 1.04. The molecule has 0 amide bonds. The van der Waals surface area contributed by atoms with Crippen molar-refractivity contribution in [2.24, 2.45) is 0 Å². The fraction of sp³-hybridized carbons (Fsp3) is 0.667. The summed E-state index contributed by atoms with van der Waals surface area (Å²) in [6.45, 7) is 6.53. The lowest BCUT2D eigenvalue weighted by molar-refractivity contribution is 0.224. The normalized spacial score (nSPS) is 12.9. The number of hydrogen-bond acceptors (Lipinski definition) is 3. The zero-order valence-electron chi connectivity index (χ0n) is 8.62. The second-order valence-electron chi connectivity index (χ2n) is 3.11. The molecule has 80 valence electrons. The number of aliphatic hydroxyl groups is 1. The maximum absolute atomic E-state index is 9.04. The predicted molar refractivity (Wildman–Crippen MR) is 62.6 cm³/mol. The van der Waals surface area contributed by atoms with Gasteiger partial charge < -0.3 is 9.84 Å². The molecule has 5 heteroatoms. The van der Waals surface area contributed by atoms with Gasteiger partial charge in [-0.2, -0.15) is 0 Å². The molecular formula is C9H15IN2O2. The lowest BCUT2D eigenvalue weighted by Gasteiger charge is -2.09. The molecule has 0 unspecified atom stereocenters. The van der Waals surface area contributed by atoms with E-state index in [4.69, 9.17) is 9.84 Å². The summed E-state index contributed by atoms with van der Waals surface area (Å²) in [7, 11) is 0. The summed E-state index contributed by atoms with van der Waals surface area (Å²) in [4.78, 5) is 0. The van der Waals surface area contributed by atoms with Crippen molar-refractivity contribution < 1.29 is 9.84 Å². The largest absolute Gasteiger partial charge is 0.476 e. The van der Waals surface area contributed by atoms with E-state index >= 15 is 0 Å². The van der Waals surface area contributed by atoms with Gasteiger partial charge in [0, 0.05) is 0 Å². The van der Waals surface area contributed by atoms with Crippen LogP contribution in [-0.2, 0) is 0 Å². The van der Waals surface area contributed by atoms with Gasteiger partial charge >= 0.3 is 0 Å². The Labute approximate surface area is 97.4 Å². The minimum atomic E-state index is -0.00211. The summed E-state index contributed by atoms with van der Waals surface area (Å²) in [6, 6.07) is -0.00211. The molecule has 1 aromatic rings. The highest BCUT2D eigenvalue weighted by molar-refractivity contribution is 14.1. The van der Waals surface area contributed by atoms with E-state index in [-0.39, 0.29) is 12.6 Å². The van der Waals surface area contributed by atoms with Gasteiger partial charge in [0.15, 0.2) is 0 Å². The standard InChI is InChI=1S/C9H15IN2O2/c1-4-14-9-8(10)7(3)12(11-9)6(2)5-13/h6,13H,4-5H2,1-3H3/t6-/m0/s1. The average Bonchev–Trinajstić information content (AvgIpc) is 2.46. The molecule has 0 aromatic carbocycles. The van der Waals surface area contributed by atoms with E-state index in [0.717, 1.165) is 9.26 Å². The van der Waals surface area contributed by atoms with Gasteiger partial charge in [0.1, 0.15) is 0 Å². The van der Waals surface area contributed by atoms with Crippen LogP contribution in [0.1, 0.15) is 25.6 Å². The van der Waals surface area contributed by atoms with Crippen LogP contribution in [-0.4, -0.2) is 28.1 Å². The summed E-state index contributed by atoms with van der Waals surface area (Å²) in [5.74, 6) is 0.658. The van der Waals surface area contributed by atoms with E-state index in [9.17, 15) is 0 Å². The fourth-order valence-electron chi connectivity index (χ4n) is 1.21. The molecular weight excluding hydrogens is 295 g/mol. The van der Waals surface area contributed by atoms with Gasteiger partial charge in [0.25, 0.3) is 0 Å². The Morgan fingerprint density at radius 1 is 1.64 bits per heavy atom. The monoisotopic (exact) mass is 310 g/mol. The number of hydrogen-bond donors (Lipinski definition) is 1. The highest BCUT2D eigenvalue weighted by Gasteiger charge is 2.16. The smallest absolute Gasteiger partial charge is 0.246 e. The molecule has 0 fully saturated rings. The van der Waals surface area contributed by atoms with Crippen molar-refractivity contribution in [3.8, 4) is 5.88 Å². The lowest BCUT2D eigenvalue weighted by atomic mass is 10.3. The SMILES string of the molecule is CCOc1nn([C@@H](C)CO)c(C)c1I. The first kappa shape index (κ1) is 11.8. The number of rotatable bonds is 4. The van der Waals surface area contributed by atoms with E-state index in [2.05, 4.69) is 27.7 Å². The van der Waals surface area contributed by atoms with Gasteiger partial charge in [-0.1, -0.05) is 0 Å². The molecule has 0 saturated carbocycles. The highest BCUT2D eigenvalue weighted by atomic mass is 127. The third kappa shape index (κ3) is 2.20. The summed E-state index contributed by atoms with van der Waals surface area (Å²) < 4.78 is 8.19. The van der Waals surface area contributed by atoms with Crippen LogP contribution < -0.4 is 4.74 Å². The average molecular weight is 310 g/mol. The molecule has 0 bridgehead atoms. The van der Waals surface area contributed by atoms with Gasteiger partial charge in [-0.15, -0.1) is 5.10 Å². The van der Waals surface area contributed by atoms with Crippen LogP contribution in [0.4, 0.5) is 0 Å². The Morgan fingerprint density at radius 3 is 2.79 bits per heavy atom. The second kappa shape index (κ2) is 4.97. The first-order valence-electron chi connectivity index (χ1n) is 4.60. The number of halogens is 1. The van der Waals surface area contributed by atoms with Crippen LogP contribution in [0.3, 0.4) is 0 Å². The molecule has 1 rings (SSSR count). The quantitative estimate of drug-likeness (QED) is 0.862. The van der Waals surface area contributed by atoms with Crippen molar-refractivity contribution in [1.29, 1.82) is 0 Å². The van der Waals surface area contributed by atoms with Gasteiger partial charge in [-0.05, 0) is 43.4 Å². The fourth-order valence-corrected chi connectivity index (χ4v) is 1.72. The van der Waals surface area contributed by atoms with Crippen LogP contribution in [0.2, 0.25) is 0 Å². The third-order valence-electron chi connectivity index (χ3n) is 2.01. The first-order chi connectivity index (χ1) is 6.61. The van der Waals surface area contributed by atoms with Crippen LogP contribution in [0.25, 0.3) is 0 Å². The number of nitrogens with zero attached hydrogens (tertiary/aromatic N) is 2. The Hall–Kier alpha value is -0.300. The molecule has 0 aliphatic rings. The summed E-state index contributed by atoms with van der Waals surface area (Å²) >= 11 is 2.21. The van der Waals surface area contributed by atoms with E-state index < -0.39 is 0 Å². The minimum absolute atomic E-state index is 0.00211. The number of aromatic nitrogens is 2. The molecule has 1 N–H and O–H groups in total. The Kier molecular flexibility index (Phi) is 4.18. The molecule has 1 aromatic heterocycles. The highest BCUT2D eigenvalue weighted by Crippen LogP contribution is 2.25. The van der Waals surface area contributed by atoms with Gasteiger partial charge in [0.2, 0.25) is 5.88 Å². The van der Waals surface area contributed by atoms with Crippen molar-refractivity contribution >= 4 is 22.6 Å². The predicted octanol–water partition coefficient (Wildman–Crippen LogP) is 1.75. The van der Waals surface area contributed by atoms with Crippen LogP contribution in [0.5, 0.6) is 5.88 Å². The zero-order valence-corrected chi connectivity index (χ0v) is 10.8. The van der Waals surface area contributed by atoms with Crippen molar-refractivity contribution in [3.05, 3.63) is 9.26 Å². The molecule has 4 nitrogen and oxygen atoms in total. The molecule has 0 aliphatic heterocycles. The first-order valence-corrected chi connectivity index (χ1v) is 5.67. The lowest BCUT2D eigenvalue weighted by Crippen LogP contribution is -2.12. The molecule has 0 spiro atoms. The maximum atomic E-state index is 9.04. The minimum Gasteiger partial charge on any atom is -0.476 e. The van der Waals surface area contributed by atoms with Crippen molar-refractivity contribution in [2.75, 3.05) is 13.2 Å². The van der Waals surface area contributed by atoms with Gasteiger partial charge in [-0.25, -0.2) is 0 Å². The molecule has 0 saturated heterocycles. The second-order valence-corrected chi connectivity index (χ2v) is 4.19. The van der Waals surface area contributed by atoms with E-state index in [1.165, 1.54) is 0 Å². The zero-order chi connectivity index (χ0) is 10.7. The topological polar surface area (TPSA) is 47.3 Å². The molecule has 1 heterocycles. The number of ether oxygens (including phenoxy) is 1. The van der Waals surface area contributed by atoms with Crippen molar-refractivity contribution in [2.45, 2.75) is 26.8 Å². The maximum Gasteiger partial charge on any atom is 0.246 e.